The van der Waals surface area contributed by atoms with Crippen molar-refractivity contribution in [1.82, 2.24) is 5.32 Å². The van der Waals surface area contributed by atoms with Crippen molar-refractivity contribution in [2.75, 3.05) is 7.11 Å². The van der Waals surface area contributed by atoms with Gasteiger partial charge in [-0.3, -0.25) is 4.79 Å². The Balaban J connectivity index is 2.72. The minimum absolute atomic E-state index is 0.192. The van der Waals surface area contributed by atoms with Gasteiger partial charge < -0.3 is 15.2 Å². The summed E-state index contributed by atoms with van der Waals surface area (Å²) < 4.78 is 5.00. The molecule has 1 aromatic rings. The summed E-state index contributed by atoms with van der Waals surface area (Å²) in [7, 11) is 1.54. The summed E-state index contributed by atoms with van der Waals surface area (Å²) in [6.45, 7) is 3.82. The third kappa shape index (κ3) is 4.62. The van der Waals surface area contributed by atoms with Crippen LogP contribution < -0.4 is 10.1 Å². The topological polar surface area (TPSA) is 75.6 Å². The molecular formula is C14H19NO4. The van der Waals surface area contributed by atoms with Gasteiger partial charge >= 0.3 is 5.97 Å². The van der Waals surface area contributed by atoms with Crippen molar-refractivity contribution in [2.45, 2.75) is 26.3 Å². The normalized spacial score (nSPS) is 12.0. The summed E-state index contributed by atoms with van der Waals surface area (Å²) >= 11 is 0. The highest BCUT2D eigenvalue weighted by Gasteiger charge is 2.21. The van der Waals surface area contributed by atoms with E-state index >= 15 is 0 Å². The number of methoxy groups -OCH3 is 1. The van der Waals surface area contributed by atoms with Gasteiger partial charge in [-0.15, -0.1) is 0 Å². The molecule has 1 atom stereocenters. The van der Waals surface area contributed by atoms with Crippen molar-refractivity contribution in [1.29, 1.82) is 0 Å². The smallest absolute Gasteiger partial charge is 0.326 e. The summed E-state index contributed by atoms with van der Waals surface area (Å²) in [6, 6.07) is 5.65. The average Bonchev–Trinajstić information content (AvgIpc) is 2.37. The van der Waals surface area contributed by atoms with Gasteiger partial charge in [-0.1, -0.05) is 13.8 Å². The Bertz CT molecular complexity index is 439. The fraction of sp³-hybridized carbons (Fsp3) is 0.429. The van der Waals surface area contributed by atoms with E-state index in [1.165, 1.54) is 7.11 Å². The van der Waals surface area contributed by atoms with E-state index in [1.807, 2.05) is 13.8 Å². The molecule has 1 amide bonds. The van der Waals surface area contributed by atoms with Crippen LogP contribution in [-0.4, -0.2) is 30.1 Å². The van der Waals surface area contributed by atoms with Crippen molar-refractivity contribution in [3.8, 4) is 5.75 Å². The number of carbonyl (C=O) groups is 2. The monoisotopic (exact) mass is 265 g/mol. The van der Waals surface area contributed by atoms with Crippen molar-refractivity contribution in [3.63, 3.8) is 0 Å². The molecule has 0 aliphatic carbocycles. The number of aliphatic carboxylic acids is 1. The van der Waals surface area contributed by atoms with E-state index in [1.54, 1.807) is 24.3 Å². The fourth-order valence-electron chi connectivity index (χ4n) is 1.68. The van der Waals surface area contributed by atoms with E-state index in [2.05, 4.69) is 5.32 Å². The number of carboxylic acids is 1. The van der Waals surface area contributed by atoms with Gasteiger partial charge in [-0.25, -0.2) is 4.79 Å². The molecule has 0 saturated carbocycles. The molecule has 0 heterocycles. The number of benzene rings is 1. The Hall–Kier alpha value is -2.04. The fourth-order valence-corrected chi connectivity index (χ4v) is 1.68. The summed E-state index contributed by atoms with van der Waals surface area (Å²) in [6.07, 6.45) is 0.400. The van der Waals surface area contributed by atoms with Gasteiger partial charge in [0.2, 0.25) is 0 Å². The summed E-state index contributed by atoms with van der Waals surface area (Å²) in [5.41, 5.74) is 0.413. The maximum atomic E-state index is 11.9. The van der Waals surface area contributed by atoms with Crippen LogP contribution in [0.2, 0.25) is 0 Å². The predicted octanol–water partition coefficient (Wildman–Crippen LogP) is 1.92. The van der Waals surface area contributed by atoms with Crippen molar-refractivity contribution in [2.24, 2.45) is 5.92 Å². The molecule has 0 aromatic heterocycles. The van der Waals surface area contributed by atoms with E-state index in [4.69, 9.17) is 9.84 Å². The molecule has 5 nitrogen and oxygen atoms in total. The molecule has 104 valence electrons. The number of amides is 1. The largest absolute Gasteiger partial charge is 0.497 e. The van der Waals surface area contributed by atoms with E-state index in [9.17, 15) is 9.59 Å². The molecule has 0 saturated heterocycles. The summed E-state index contributed by atoms with van der Waals surface area (Å²) in [5, 5.41) is 11.6. The van der Waals surface area contributed by atoms with Crippen LogP contribution >= 0.6 is 0 Å². The highest BCUT2D eigenvalue weighted by molar-refractivity contribution is 5.96. The number of rotatable bonds is 6. The Morgan fingerprint density at radius 3 is 2.26 bits per heavy atom. The summed E-state index contributed by atoms with van der Waals surface area (Å²) in [4.78, 5) is 23.0. The van der Waals surface area contributed by atoms with Crippen LogP contribution in [0.25, 0.3) is 0 Å². The van der Waals surface area contributed by atoms with Gasteiger partial charge in [-0.05, 0) is 36.6 Å². The first kappa shape index (κ1) is 15.0. The molecule has 0 bridgehead atoms. The molecule has 0 spiro atoms. The minimum atomic E-state index is -1.02. The number of hydrogen-bond donors (Lipinski definition) is 2. The zero-order chi connectivity index (χ0) is 14.4. The number of ether oxygens (including phenoxy) is 1. The molecule has 0 aliphatic rings. The van der Waals surface area contributed by atoms with Gasteiger partial charge in [0, 0.05) is 5.56 Å². The van der Waals surface area contributed by atoms with Crippen LogP contribution in [0.3, 0.4) is 0 Å². The molecule has 0 radical (unpaired) electrons. The minimum Gasteiger partial charge on any atom is -0.497 e. The van der Waals surface area contributed by atoms with Crippen LogP contribution in [0.15, 0.2) is 24.3 Å². The van der Waals surface area contributed by atoms with Gasteiger partial charge in [-0.2, -0.15) is 0 Å². The number of nitrogens with one attached hydrogen (secondary N) is 1. The summed E-state index contributed by atoms with van der Waals surface area (Å²) in [5.74, 6) is -0.572. The lowest BCUT2D eigenvalue weighted by Gasteiger charge is -2.16. The SMILES string of the molecule is COc1ccc(C(=O)N[C@H](CC(C)C)C(=O)O)cc1. The maximum Gasteiger partial charge on any atom is 0.326 e. The predicted molar refractivity (Wildman–Crippen MR) is 71.3 cm³/mol. The Kier molecular flexibility index (Phi) is 5.36. The van der Waals surface area contributed by atoms with Crippen molar-refractivity contribution in [3.05, 3.63) is 29.8 Å². The van der Waals surface area contributed by atoms with Crippen molar-refractivity contribution >= 4 is 11.9 Å². The first-order valence-electron chi connectivity index (χ1n) is 6.11. The quantitative estimate of drug-likeness (QED) is 0.824. The molecule has 0 aliphatic heterocycles. The average molecular weight is 265 g/mol. The maximum absolute atomic E-state index is 11.9. The Labute approximate surface area is 112 Å². The molecule has 1 aromatic carbocycles. The van der Waals surface area contributed by atoms with Gasteiger partial charge in [0.1, 0.15) is 11.8 Å². The Morgan fingerprint density at radius 2 is 1.84 bits per heavy atom. The highest BCUT2D eigenvalue weighted by atomic mass is 16.5. The number of carboxylic acid groups (broad SMARTS) is 1. The third-order valence-electron chi connectivity index (χ3n) is 2.66. The van der Waals surface area contributed by atoms with Crippen LogP contribution in [0.1, 0.15) is 30.6 Å². The molecule has 19 heavy (non-hydrogen) atoms. The second-order valence-electron chi connectivity index (χ2n) is 4.72. The second kappa shape index (κ2) is 6.78. The molecule has 5 heteroatoms. The zero-order valence-electron chi connectivity index (χ0n) is 11.3. The van der Waals surface area contributed by atoms with Crippen LogP contribution in [0.4, 0.5) is 0 Å². The first-order valence-corrected chi connectivity index (χ1v) is 6.11. The lowest BCUT2D eigenvalue weighted by Crippen LogP contribution is -2.41. The lowest BCUT2D eigenvalue weighted by molar-refractivity contribution is -0.139. The molecule has 0 unspecified atom stereocenters. The number of carbonyl (C=O) groups excluding carboxylic acids is 1. The molecule has 0 fully saturated rings. The van der Waals surface area contributed by atoms with Crippen LogP contribution in [-0.2, 0) is 4.79 Å². The third-order valence-corrected chi connectivity index (χ3v) is 2.66. The van der Waals surface area contributed by atoms with Gasteiger partial charge in [0.25, 0.3) is 5.91 Å². The van der Waals surface area contributed by atoms with Crippen molar-refractivity contribution < 1.29 is 19.4 Å². The number of hydrogen-bond acceptors (Lipinski definition) is 3. The lowest BCUT2D eigenvalue weighted by atomic mass is 10.0. The zero-order valence-corrected chi connectivity index (χ0v) is 11.3. The van der Waals surface area contributed by atoms with Gasteiger partial charge in [0.05, 0.1) is 7.11 Å². The second-order valence-corrected chi connectivity index (χ2v) is 4.72. The van der Waals surface area contributed by atoms with E-state index in [-0.39, 0.29) is 5.92 Å². The van der Waals surface area contributed by atoms with E-state index < -0.39 is 17.9 Å². The Morgan fingerprint density at radius 1 is 1.26 bits per heavy atom. The first-order chi connectivity index (χ1) is 8.93. The molecular weight excluding hydrogens is 246 g/mol. The standard InChI is InChI=1S/C14H19NO4/c1-9(2)8-12(14(17)18)15-13(16)10-4-6-11(19-3)7-5-10/h4-7,9,12H,8H2,1-3H3,(H,15,16)(H,17,18)/t12-/m1/s1. The van der Waals surface area contributed by atoms with E-state index in [0.717, 1.165) is 0 Å². The van der Waals surface area contributed by atoms with E-state index in [0.29, 0.717) is 17.7 Å². The van der Waals surface area contributed by atoms with Gasteiger partial charge in [0.15, 0.2) is 0 Å². The van der Waals surface area contributed by atoms with Crippen LogP contribution in [0.5, 0.6) is 5.75 Å². The molecule has 2 N–H and O–H groups in total. The molecule has 1 rings (SSSR count). The van der Waals surface area contributed by atoms with Crippen LogP contribution in [0, 0.1) is 5.92 Å². The highest BCUT2D eigenvalue weighted by Crippen LogP contribution is 2.12.